The van der Waals surface area contributed by atoms with Crippen molar-refractivity contribution in [1.82, 2.24) is 89.0 Å². The topological polar surface area (TPSA) is 240 Å². The van der Waals surface area contributed by atoms with Crippen molar-refractivity contribution in [2.24, 2.45) is 5.92 Å². The van der Waals surface area contributed by atoms with E-state index in [1.807, 2.05) is 43.4 Å². The Hall–Kier alpha value is -6.86. The zero-order chi connectivity index (χ0) is 53.3. The number of hydrogen-bond acceptors (Lipinski definition) is 20. The standard InChI is InChI=1S/C54H68N18O6/c1-31(2)48-59-52(77-63-48)34(5)69-28-42-43(29-69)75-20-19-71(42)45(73)21-32(3)7-8-40-47(66-17-15-65(40)16-18-66)49-60-53(78-64-49)38-23-37-25-58-72(50(37)57-24-38)33(4)22-39-26-56-46(51-55-11-14-70(39)51)54(74)68-13-10-36-9-12-67(41(36)27-68)30-44-62-61-35(6)76-44/h11,14,21,23-26,31,33-34,36,40-43,47H,7-10,12-13,15-20,22,27-30H2,1-6H3/b32-21-/t33?,34-,36+,40?,41-,42-,43+,47?/m0/s1. The number of morpholine rings is 1. The van der Waals surface area contributed by atoms with Crippen LogP contribution in [0.3, 0.4) is 0 Å². The number of pyridine rings is 1. The van der Waals surface area contributed by atoms with Gasteiger partial charge in [0.05, 0.1) is 55.2 Å². The molecule has 7 aliphatic heterocycles. The van der Waals surface area contributed by atoms with Crippen molar-refractivity contribution in [3.05, 3.63) is 89.4 Å². The molecule has 7 saturated heterocycles. The molecule has 2 amide bonds. The molecule has 7 fully saturated rings. The number of likely N-dealkylation sites (tertiary alicyclic amines) is 3. The molecule has 3 unspecified atom stereocenters. The number of ether oxygens (including phenoxy) is 1. The average molecular weight is 1070 g/mol. The number of carbonyl (C=O) groups excluding carboxylic acids is 2. The number of piperidine rings is 1. The van der Waals surface area contributed by atoms with Gasteiger partial charge in [0.15, 0.2) is 28.6 Å². The fraction of sp³-hybridized carbons (Fsp3) is 0.593. The first-order valence-corrected chi connectivity index (χ1v) is 27.9. The average Bonchev–Trinajstić information content (AvgIpc) is 4.43. The van der Waals surface area contributed by atoms with Gasteiger partial charge >= 0.3 is 0 Å². The fourth-order valence-electron chi connectivity index (χ4n) is 13.2. The number of aryl methyl sites for hydroxylation is 1. The molecule has 7 aromatic rings. The number of amides is 2. The van der Waals surface area contributed by atoms with E-state index in [1.54, 1.807) is 25.5 Å². The number of fused-ring (bicyclic) bond motifs is 7. The van der Waals surface area contributed by atoms with Gasteiger partial charge in [-0.2, -0.15) is 15.1 Å². The normalized spacial score (nSPS) is 26.6. The van der Waals surface area contributed by atoms with E-state index < -0.39 is 0 Å². The second kappa shape index (κ2) is 20.7. The Morgan fingerprint density at radius 3 is 2.53 bits per heavy atom. The van der Waals surface area contributed by atoms with Gasteiger partial charge in [0, 0.05) is 132 Å². The zero-order valence-electron chi connectivity index (χ0n) is 45.3. The fourth-order valence-corrected chi connectivity index (χ4v) is 13.2. The molecule has 0 aromatic carbocycles. The molecule has 14 rings (SSSR count). The van der Waals surface area contributed by atoms with Crippen molar-refractivity contribution in [2.75, 3.05) is 72.1 Å². The predicted octanol–water partition coefficient (Wildman–Crippen LogP) is 4.70. The van der Waals surface area contributed by atoms with Gasteiger partial charge in [0.25, 0.3) is 11.8 Å². The first-order valence-electron chi connectivity index (χ1n) is 27.9. The van der Waals surface area contributed by atoms with Crippen LogP contribution in [0.4, 0.5) is 0 Å². The largest absolute Gasteiger partial charge is 0.424 e. The lowest BCUT2D eigenvalue weighted by atomic mass is 9.91. The number of rotatable bonds is 15. The molecule has 0 spiro atoms. The number of aromatic nitrogens is 12. The van der Waals surface area contributed by atoms with Crippen LogP contribution in [0.15, 0.2) is 62.2 Å². The number of imidazole rings is 1. The van der Waals surface area contributed by atoms with Crippen LogP contribution in [0.25, 0.3) is 28.1 Å². The van der Waals surface area contributed by atoms with Gasteiger partial charge in [0.2, 0.25) is 23.6 Å². The Bertz CT molecular complexity index is 3350. The maximum Gasteiger partial charge on any atom is 0.276 e. The molecule has 0 aliphatic carbocycles. The number of hydrogen-bond donors (Lipinski definition) is 0. The molecule has 78 heavy (non-hydrogen) atoms. The minimum Gasteiger partial charge on any atom is -0.424 e. The van der Waals surface area contributed by atoms with Gasteiger partial charge in [-0.15, -0.1) is 10.2 Å². The van der Waals surface area contributed by atoms with Gasteiger partial charge < -0.3 is 32.4 Å². The van der Waals surface area contributed by atoms with Gasteiger partial charge in [0.1, 0.15) is 0 Å². The lowest BCUT2D eigenvalue weighted by Crippen LogP contribution is -2.62. The number of nitrogens with zero attached hydrogens (tertiary/aromatic N) is 18. The molecule has 410 valence electrons. The van der Waals surface area contributed by atoms with Gasteiger partial charge in [-0.1, -0.05) is 29.7 Å². The molecule has 24 heteroatoms. The van der Waals surface area contributed by atoms with Crippen molar-refractivity contribution in [1.29, 1.82) is 0 Å². The van der Waals surface area contributed by atoms with Crippen molar-refractivity contribution < 1.29 is 27.8 Å². The second-order valence-corrected chi connectivity index (χ2v) is 22.7. The summed E-state index contributed by atoms with van der Waals surface area (Å²) in [7, 11) is 0. The summed E-state index contributed by atoms with van der Waals surface area (Å²) < 4.78 is 27.4. The van der Waals surface area contributed by atoms with E-state index in [1.165, 1.54) is 0 Å². The lowest BCUT2D eigenvalue weighted by molar-refractivity contribution is -0.137. The van der Waals surface area contributed by atoms with Crippen molar-refractivity contribution in [2.45, 2.75) is 128 Å². The molecule has 7 aromatic heterocycles. The summed E-state index contributed by atoms with van der Waals surface area (Å²) in [5, 5.41) is 22.6. The van der Waals surface area contributed by atoms with Crippen molar-refractivity contribution in [3.63, 3.8) is 0 Å². The van der Waals surface area contributed by atoms with E-state index in [9.17, 15) is 9.59 Å². The SMILES string of the molecule is C/C(=C/C(=O)N1CCO[C@@H]2CN([C@@H](C)c3nc(C(C)C)no3)C[C@@H]21)CCC1C(c2noc(-c3cnc4c(cnn4C(C)Cc4cnc(C(=O)N5CC[C@H]6CCN(Cc7nnc(C)o7)[C@H]6C5)c5nccn45)c3)n2)N2CCN1CC2. The maximum absolute atomic E-state index is 14.2. The molecule has 0 radical (unpaired) electrons. The molecular formula is C54H68N18O6. The molecule has 2 bridgehead atoms. The number of allylic oxidation sites excluding steroid dienone is 1. The quantitative estimate of drug-likeness (QED) is 0.126. The Kier molecular flexibility index (Phi) is 13.5. The van der Waals surface area contributed by atoms with Crippen molar-refractivity contribution >= 4 is 28.5 Å². The third kappa shape index (κ3) is 9.47. The molecule has 0 saturated carbocycles. The zero-order valence-corrected chi connectivity index (χ0v) is 45.3. The highest BCUT2D eigenvalue weighted by molar-refractivity contribution is 5.98. The highest BCUT2D eigenvalue weighted by Gasteiger charge is 2.46. The molecule has 14 heterocycles. The molecule has 24 nitrogen and oxygen atoms in total. The van der Waals surface area contributed by atoms with E-state index in [0.717, 1.165) is 86.3 Å². The number of piperazine rings is 3. The molecule has 7 aliphatic rings. The Labute approximate surface area is 451 Å². The van der Waals surface area contributed by atoms with Crippen LogP contribution in [0.5, 0.6) is 0 Å². The molecule has 0 N–H and O–H groups in total. The van der Waals surface area contributed by atoms with Crippen LogP contribution >= 0.6 is 0 Å². The molecule has 8 atom stereocenters. The summed E-state index contributed by atoms with van der Waals surface area (Å²) in [5.41, 5.74) is 4.28. The first kappa shape index (κ1) is 50.6. The summed E-state index contributed by atoms with van der Waals surface area (Å²) in [5.74, 6) is 4.15. The smallest absolute Gasteiger partial charge is 0.276 e. The van der Waals surface area contributed by atoms with Crippen LogP contribution in [0.2, 0.25) is 0 Å². The maximum atomic E-state index is 14.2. The van der Waals surface area contributed by atoms with E-state index >= 15 is 0 Å². The summed E-state index contributed by atoms with van der Waals surface area (Å²) in [6, 6.07) is 2.09. The Balaban J connectivity index is 0.648. The summed E-state index contributed by atoms with van der Waals surface area (Å²) in [6.45, 7) is 21.2. The second-order valence-electron chi connectivity index (χ2n) is 22.7. The predicted molar refractivity (Wildman–Crippen MR) is 280 cm³/mol. The summed E-state index contributed by atoms with van der Waals surface area (Å²) >= 11 is 0. The van der Waals surface area contributed by atoms with E-state index in [2.05, 4.69) is 84.7 Å². The van der Waals surface area contributed by atoms with E-state index in [-0.39, 0.29) is 60.1 Å². The monoisotopic (exact) mass is 1060 g/mol. The van der Waals surface area contributed by atoms with Crippen LogP contribution in [0, 0.1) is 12.8 Å². The Morgan fingerprint density at radius 2 is 1.71 bits per heavy atom. The van der Waals surface area contributed by atoms with E-state index in [4.69, 9.17) is 38.3 Å². The minimum atomic E-state index is -0.112. The lowest BCUT2D eigenvalue weighted by Gasteiger charge is -2.52. The van der Waals surface area contributed by atoms with Gasteiger partial charge in [-0.25, -0.2) is 19.6 Å². The van der Waals surface area contributed by atoms with Crippen LogP contribution in [0.1, 0.15) is 130 Å². The number of carbonyl (C=O) groups is 2. The third-order valence-corrected chi connectivity index (χ3v) is 17.5. The van der Waals surface area contributed by atoms with Crippen molar-refractivity contribution in [3.8, 4) is 11.5 Å². The van der Waals surface area contributed by atoms with Gasteiger partial charge in [-0.05, 0) is 65.0 Å². The van der Waals surface area contributed by atoms with Gasteiger partial charge in [-0.3, -0.25) is 29.2 Å². The Morgan fingerprint density at radius 1 is 0.859 bits per heavy atom. The minimum absolute atomic E-state index is 0.0317. The molecular weight excluding hydrogens is 997 g/mol. The first-order chi connectivity index (χ1) is 37.9. The highest BCUT2D eigenvalue weighted by Crippen LogP contribution is 2.38. The highest BCUT2D eigenvalue weighted by atomic mass is 16.5. The van der Waals surface area contributed by atoms with E-state index in [0.29, 0.717) is 105 Å². The van der Waals surface area contributed by atoms with Crippen LogP contribution < -0.4 is 0 Å². The summed E-state index contributed by atoms with van der Waals surface area (Å²) in [4.78, 5) is 65.7. The third-order valence-electron chi connectivity index (χ3n) is 17.5. The van der Waals surface area contributed by atoms with Crippen LogP contribution in [-0.4, -0.2) is 197 Å². The summed E-state index contributed by atoms with van der Waals surface area (Å²) in [6.07, 6.45) is 15.0. The van der Waals surface area contributed by atoms with Crippen LogP contribution in [-0.2, 0) is 22.5 Å².